The minimum atomic E-state index is -0.716. The molecule has 3 amide bonds. The third-order valence-electron chi connectivity index (χ3n) is 3.25. The van der Waals surface area contributed by atoms with Crippen molar-refractivity contribution in [3.05, 3.63) is 29.8 Å². The number of carbonyl (C=O) groups excluding carboxylic acids is 3. The predicted octanol–water partition coefficient (Wildman–Crippen LogP) is 1.27. The maximum Gasteiger partial charge on any atom is 0.252 e. The fraction of sp³-hybridized carbons (Fsp3) is 0.400. The maximum atomic E-state index is 12.2. The Morgan fingerprint density at radius 1 is 1.29 bits per heavy atom. The van der Waals surface area contributed by atoms with E-state index in [1.165, 1.54) is 6.92 Å². The van der Waals surface area contributed by atoms with Gasteiger partial charge in [0.1, 0.15) is 6.04 Å². The summed E-state index contributed by atoms with van der Waals surface area (Å²) in [5.74, 6) is -1.23. The molecule has 0 heterocycles. The van der Waals surface area contributed by atoms with Crippen molar-refractivity contribution in [1.82, 2.24) is 5.32 Å². The van der Waals surface area contributed by atoms with Crippen LogP contribution in [-0.4, -0.2) is 23.8 Å². The van der Waals surface area contributed by atoms with Crippen LogP contribution in [-0.2, 0) is 9.59 Å². The molecule has 0 radical (unpaired) electrons. The molecule has 1 aromatic carbocycles. The molecule has 0 fully saturated rings. The third kappa shape index (κ3) is 4.91. The number of anilines is 1. The average molecular weight is 291 g/mol. The van der Waals surface area contributed by atoms with Crippen LogP contribution in [0.2, 0.25) is 0 Å². The largest absolute Gasteiger partial charge is 0.368 e. The van der Waals surface area contributed by atoms with E-state index >= 15 is 0 Å². The number of primary amides is 1. The third-order valence-corrected chi connectivity index (χ3v) is 3.25. The lowest BCUT2D eigenvalue weighted by atomic mass is 9.98. The normalized spacial score (nSPS) is 13.1. The lowest BCUT2D eigenvalue weighted by Crippen LogP contribution is -2.48. The summed E-state index contributed by atoms with van der Waals surface area (Å²) in [6, 6.07) is 5.77. The Morgan fingerprint density at radius 2 is 1.95 bits per heavy atom. The Labute approximate surface area is 124 Å². The Morgan fingerprint density at radius 3 is 2.48 bits per heavy atom. The second-order valence-corrected chi connectivity index (χ2v) is 5.00. The molecule has 4 N–H and O–H groups in total. The molecule has 0 unspecified atom stereocenters. The summed E-state index contributed by atoms with van der Waals surface area (Å²) in [6.07, 6.45) is 0.722. The van der Waals surface area contributed by atoms with Crippen molar-refractivity contribution >= 4 is 23.4 Å². The van der Waals surface area contributed by atoms with Gasteiger partial charge < -0.3 is 16.4 Å². The molecule has 6 heteroatoms. The van der Waals surface area contributed by atoms with E-state index in [1.54, 1.807) is 24.3 Å². The van der Waals surface area contributed by atoms with Crippen molar-refractivity contribution < 1.29 is 14.4 Å². The summed E-state index contributed by atoms with van der Waals surface area (Å²) in [6.45, 7) is 5.16. The first-order chi connectivity index (χ1) is 9.85. The van der Waals surface area contributed by atoms with Gasteiger partial charge in [-0.05, 0) is 24.1 Å². The fourth-order valence-electron chi connectivity index (χ4n) is 1.90. The molecule has 0 aromatic heterocycles. The molecule has 6 nitrogen and oxygen atoms in total. The van der Waals surface area contributed by atoms with E-state index < -0.39 is 17.9 Å². The molecule has 1 aromatic rings. The van der Waals surface area contributed by atoms with Gasteiger partial charge in [-0.2, -0.15) is 0 Å². The van der Waals surface area contributed by atoms with E-state index in [-0.39, 0.29) is 11.8 Å². The van der Waals surface area contributed by atoms with Gasteiger partial charge in [0.05, 0.1) is 0 Å². The van der Waals surface area contributed by atoms with Crippen LogP contribution < -0.4 is 16.4 Å². The number of nitrogens with one attached hydrogen (secondary N) is 2. The first kappa shape index (κ1) is 16.7. The zero-order chi connectivity index (χ0) is 16.0. The Kier molecular flexibility index (Phi) is 5.90. The van der Waals surface area contributed by atoms with Gasteiger partial charge in [-0.3, -0.25) is 14.4 Å². The molecule has 0 saturated heterocycles. The molecule has 2 atom stereocenters. The van der Waals surface area contributed by atoms with E-state index in [0.29, 0.717) is 11.3 Å². The van der Waals surface area contributed by atoms with Crippen molar-refractivity contribution in [1.29, 1.82) is 0 Å². The molecule has 0 aliphatic heterocycles. The van der Waals surface area contributed by atoms with E-state index in [9.17, 15) is 14.4 Å². The number of carbonyl (C=O) groups is 3. The number of hydrogen-bond donors (Lipinski definition) is 3. The molecular formula is C15H21N3O3. The minimum absolute atomic E-state index is 0.0509. The molecule has 0 aliphatic rings. The second kappa shape index (κ2) is 7.42. The summed E-state index contributed by atoms with van der Waals surface area (Å²) >= 11 is 0. The molecule has 114 valence electrons. The summed E-state index contributed by atoms with van der Waals surface area (Å²) in [5, 5.41) is 5.24. The van der Waals surface area contributed by atoms with Crippen LogP contribution in [0, 0.1) is 5.92 Å². The van der Waals surface area contributed by atoms with Crippen LogP contribution in [0.15, 0.2) is 24.3 Å². The van der Waals surface area contributed by atoms with Gasteiger partial charge >= 0.3 is 0 Å². The van der Waals surface area contributed by atoms with Gasteiger partial charge in [-0.25, -0.2) is 0 Å². The highest BCUT2D eigenvalue weighted by Gasteiger charge is 2.24. The van der Waals surface area contributed by atoms with Crippen molar-refractivity contribution in [2.75, 3.05) is 5.32 Å². The molecular weight excluding hydrogens is 270 g/mol. The Balaban J connectivity index is 2.87. The monoisotopic (exact) mass is 291 g/mol. The quantitative estimate of drug-likeness (QED) is 0.735. The second-order valence-electron chi connectivity index (χ2n) is 5.00. The molecule has 0 bridgehead atoms. The lowest BCUT2D eigenvalue weighted by Gasteiger charge is -2.21. The molecule has 1 rings (SSSR count). The van der Waals surface area contributed by atoms with Gasteiger partial charge in [0.2, 0.25) is 11.8 Å². The number of amides is 3. The fourth-order valence-corrected chi connectivity index (χ4v) is 1.90. The zero-order valence-corrected chi connectivity index (χ0v) is 12.5. The summed E-state index contributed by atoms with van der Waals surface area (Å²) in [7, 11) is 0. The lowest BCUT2D eigenvalue weighted by molar-refractivity contribution is -0.121. The highest BCUT2D eigenvalue weighted by Crippen LogP contribution is 2.12. The van der Waals surface area contributed by atoms with Crippen LogP contribution in [0.3, 0.4) is 0 Å². The Bertz CT molecular complexity index is 543. The first-order valence-electron chi connectivity index (χ1n) is 6.83. The standard InChI is InChI=1S/C15H21N3O3/c1-4-9(2)13(14(16)20)18-15(21)11-6-5-7-12(8-11)17-10(3)19/h5-9,13H,4H2,1-3H3,(H2,16,20)(H,17,19)(H,18,21)/t9-,13+/m1/s1. The molecule has 0 spiro atoms. The predicted molar refractivity (Wildman–Crippen MR) is 80.6 cm³/mol. The summed E-state index contributed by atoms with van der Waals surface area (Å²) in [5.41, 5.74) is 6.20. The molecule has 0 aliphatic carbocycles. The highest BCUT2D eigenvalue weighted by molar-refractivity contribution is 5.99. The van der Waals surface area contributed by atoms with Crippen LogP contribution in [0.4, 0.5) is 5.69 Å². The highest BCUT2D eigenvalue weighted by atomic mass is 16.2. The number of rotatable bonds is 6. The van der Waals surface area contributed by atoms with E-state index in [1.807, 2.05) is 13.8 Å². The summed E-state index contributed by atoms with van der Waals surface area (Å²) in [4.78, 5) is 34.6. The van der Waals surface area contributed by atoms with Gasteiger partial charge in [0.25, 0.3) is 5.91 Å². The molecule has 21 heavy (non-hydrogen) atoms. The van der Waals surface area contributed by atoms with Crippen molar-refractivity contribution in [3.63, 3.8) is 0 Å². The number of benzene rings is 1. The Hall–Kier alpha value is -2.37. The van der Waals surface area contributed by atoms with Gasteiger partial charge in [-0.15, -0.1) is 0 Å². The van der Waals surface area contributed by atoms with Crippen molar-refractivity contribution in [2.24, 2.45) is 11.7 Å². The van der Waals surface area contributed by atoms with Crippen LogP contribution in [0.1, 0.15) is 37.6 Å². The summed E-state index contributed by atoms with van der Waals surface area (Å²) < 4.78 is 0. The van der Waals surface area contributed by atoms with Crippen LogP contribution >= 0.6 is 0 Å². The van der Waals surface area contributed by atoms with Crippen LogP contribution in [0.5, 0.6) is 0 Å². The van der Waals surface area contributed by atoms with Gasteiger partial charge in [0, 0.05) is 18.2 Å². The zero-order valence-electron chi connectivity index (χ0n) is 12.5. The van der Waals surface area contributed by atoms with Gasteiger partial charge in [0.15, 0.2) is 0 Å². The number of nitrogens with two attached hydrogens (primary N) is 1. The van der Waals surface area contributed by atoms with Crippen molar-refractivity contribution in [2.45, 2.75) is 33.2 Å². The smallest absolute Gasteiger partial charge is 0.252 e. The van der Waals surface area contributed by atoms with Crippen LogP contribution in [0.25, 0.3) is 0 Å². The SMILES string of the molecule is CC[C@@H](C)[C@H](NC(=O)c1cccc(NC(C)=O)c1)C(N)=O. The van der Waals surface area contributed by atoms with E-state index in [2.05, 4.69) is 10.6 Å². The number of hydrogen-bond acceptors (Lipinski definition) is 3. The van der Waals surface area contributed by atoms with Crippen molar-refractivity contribution in [3.8, 4) is 0 Å². The average Bonchev–Trinajstić information content (AvgIpc) is 2.42. The first-order valence-corrected chi connectivity index (χ1v) is 6.83. The molecule has 0 saturated carbocycles. The minimum Gasteiger partial charge on any atom is -0.368 e. The topological polar surface area (TPSA) is 101 Å². The van der Waals surface area contributed by atoms with Gasteiger partial charge in [-0.1, -0.05) is 26.3 Å². The van der Waals surface area contributed by atoms with E-state index in [0.717, 1.165) is 6.42 Å². The maximum absolute atomic E-state index is 12.2. The van der Waals surface area contributed by atoms with E-state index in [4.69, 9.17) is 5.73 Å².